The molecule has 1 aliphatic rings. The Morgan fingerprint density at radius 2 is 2.04 bits per heavy atom. The Balaban J connectivity index is 1.61. The van der Waals surface area contributed by atoms with Gasteiger partial charge >= 0.3 is 0 Å². The zero-order valence-electron chi connectivity index (χ0n) is 12.7. The molecule has 1 aromatic heterocycles. The Kier molecular flexibility index (Phi) is 4.71. The summed E-state index contributed by atoms with van der Waals surface area (Å²) < 4.78 is 31.7. The Labute approximate surface area is 137 Å². The van der Waals surface area contributed by atoms with E-state index in [9.17, 15) is 13.6 Å². The molecule has 1 heterocycles. The van der Waals surface area contributed by atoms with Gasteiger partial charge in [0, 0.05) is 10.9 Å². The SMILES string of the molecule is Cc1ccc(CN(C(=O)CSc2ccc(F)c(F)c2)C2CC2)o1. The van der Waals surface area contributed by atoms with Crippen molar-refractivity contribution in [2.24, 2.45) is 0 Å². The molecule has 1 aromatic carbocycles. The lowest BCUT2D eigenvalue weighted by atomic mass is 10.3. The van der Waals surface area contributed by atoms with Crippen LogP contribution >= 0.6 is 11.8 Å². The van der Waals surface area contributed by atoms with E-state index in [-0.39, 0.29) is 17.7 Å². The van der Waals surface area contributed by atoms with Crippen molar-refractivity contribution >= 4 is 17.7 Å². The van der Waals surface area contributed by atoms with E-state index in [1.54, 1.807) is 0 Å². The summed E-state index contributed by atoms with van der Waals surface area (Å²) in [6, 6.07) is 7.69. The van der Waals surface area contributed by atoms with Crippen molar-refractivity contribution in [3.05, 3.63) is 53.5 Å². The maximum atomic E-state index is 13.2. The predicted molar refractivity (Wildman–Crippen MR) is 84.1 cm³/mol. The molecule has 0 N–H and O–H groups in total. The fraction of sp³-hybridized carbons (Fsp3) is 0.353. The smallest absolute Gasteiger partial charge is 0.233 e. The molecule has 3 nitrogen and oxygen atoms in total. The summed E-state index contributed by atoms with van der Waals surface area (Å²) >= 11 is 1.21. The molecule has 1 aliphatic carbocycles. The maximum absolute atomic E-state index is 13.2. The first-order valence-electron chi connectivity index (χ1n) is 7.45. The summed E-state index contributed by atoms with van der Waals surface area (Å²) in [6.45, 7) is 2.32. The quantitative estimate of drug-likeness (QED) is 0.743. The first-order chi connectivity index (χ1) is 11.0. The van der Waals surface area contributed by atoms with Crippen LogP contribution in [0.25, 0.3) is 0 Å². The van der Waals surface area contributed by atoms with Crippen molar-refractivity contribution in [3.63, 3.8) is 0 Å². The molecule has 122 valence electrons. The molecule has 0 radical (unpaired) electrons. The maximum Gasteiger partial charge on any atom is 0.233 e. The minimum atomic E-state index is -0.896. The lowest BCUT2D eigenvalue weighted by Gasteiger charge is -2.21. The number of hydrogen-bond donors (Lipinski definition) is 0. The molecule has 6 heteroatoms. The van der Waals surface area contributed by atoms with Crippen molar-refractivity contribution in [2.75, 3.05) is 5.75 Å². The molecule has 1 fully saturated rings. The van der Waals surface area contributed by atoms with Gasteiger partial charge in [0.15, 0.2) is 11.6 Å². The second-order valence-electron chi connectivity index (χ2n) is 5.63. The van der Waals surface area contributed by atoms with Crippen molar-refractivity contribution in [2.45, 2.75) is 37.2 Å². The number of aryl methyl sites for hydroxylation is 1. The predicted octanol–water partition coefficient (Wildman–Crippen LogP) is 4.15. The average molecular weight is 337 g/mol. The van der Waals surface area contributed by atoms with Crippen LogP contribution in [0.5, 0.6) is 0 Å². The highest BCUT2D eigenvalue weighted by molar-refractivity contribution is 8.00. The van der Waals surface area contributed by atoms with Crippen molar-refractivity contribution < 1.29 is 18.0 Å². The van der Waals surface area contributed by atoms with Crippen LogP contribution in [0.3, 0.4) is 0 Å². The third kappa shape index (κ3) is 4.13. The van der Waals surface area contributed by atoms with Crippen molar-refractivity contribution in [1.29, 1.82) is 0 Å². The van der Waals surface area contributed by atoms with Crippen LogP contribution in [-0.2, 0) is 11.3 Å². The fourth-order valence-corrected chi connectivity index (χ4v) is 3.15. The highest BCUT2D eigenvalue weighted by atomic mass is 32.2. The molecule has 0 atom stereocenters. The minimum absolute atomic E-state index is 0.0173. The van der Waals surface area contributed by atoms with E-state index < -0.39 is 11.6 Å². The van der Waals surface area contributed by atoms with Gasteiger partial charge in [0.2, 0.25) is 5.91 Å². The van der Waals surface area contributed by atoms with Crippen molar-refractivity contribution in [3.8, 4) is 0 Å². The number of carbonyl (C=O) groups is 1. The number of carbonyl (C=O) groups excluding carboxylic acids is 1. The summed E-state index contributed by atoms with van der Waals surface area (Å²) in [5.41, 5.74) is 0. The molecule has 0 bridgehead atoms. The van der Waals surface area contributed by atoms with Crippen LogP contribution < -0.4 is 0 Å². The Hall–Kier alpha value is -1.82. The molecule has 0 aliphatic heterocycles. The standard InChI is InChI=1S/C17H17F2NO2S/c1-11-2-5-13(22-11)9-20(12-3-4-12)17(21)10-23-14-6-7-15(18)16(19)8-14/h2,5-8,12H,3-4,9-10H2,1H3. The highest BCUT2D eigenvalue weighted by Gasteiger charge is 2.33. The average Bonchev–Trinajstić information content (AvgIpc) is 3.28. The Morgan fingerprint density at radius 1 is 1.26 bits per heavy atom. The molecule has 1 saturated carbocycles. The molecular weight excluding hydrogens is 320 g/mol. The first-order valence-corrected chi connectivity index (χ1v) is 8.44. The van der Waals surface area contributed by atoms with Crippen LogP contribution in [0.2, 0.25) is 0 Å². The number of nitrogens with zero attached hydrogens (tertiary/aromatic N) is 1. The number of rotatable bonds is 6. The van der Waals surface area contributed by atoms with Gasteiger partial charge < -0.3 is 9.32 Å². The molecule has 0 unspecified atom stereocenters. The van der Waals surface area contributed by atoms with Gasteiger partial charge in [0.05, 0.1) is 12.3 Å². The fourth-order valence-electron chi connectivity index (χ4n) is 2.34. The summed E-state index contributed by atoms with van der Waals surface area (Å²) in [5.74, 6) is -0.0152. The monoisotopic (exact) mass is 337 g/mol. The van der Waals surface area contributed by atoms with Crippen molar-refractivity contribution in [1.82, 2.24) is 4.90 Å². The number of halogens is 2. The van der Waals surface area contributed by atoms with E-state index in [4.69, 9.17) is 4.42 Å². The van der Waals surface area contributed by atoms with Gasteiger partial charge in [-0.15, -0.1) is 11.8 Å². The zero-order valence-corrected chi connectivity index (χ0v) is 13.5. The second-order valence-corrected chi connectivity index (χ2v) is 6.68. The van der Waals surface area contributed by atoms with Crippen LogP contribution in [0.4, 0.5) is 8.78 Å². The lowest BCUT2D eigenvalue weighted by molar-refractivity contribution is -0.129. The van der Waals surface area contributed by atoms with Gasteiger partial charge in [0.25, 0.3) is 0 Å². The van der Waals surface area contributed by atoms with Crippen LogP contribution in [0, 0.1) is 18.6 Å². The highest BCUT2D eigenvalue weighted by Crippen LogP contribution is 2.30. The number of furan rings is 1. The zero-order chi connectivity index (χ0) is 16.4. The second kappa shape index (κ2) is 6.74. The molecule has 0 saturated heterocycles. The van der Waals surface area contributed by atoms with E-state index in [0.717, 1.165) is 36.5 Å². The molecule has 1 amide bonds. The Bertz CT molecular complexity index is 712. The van der Waals surface area contributed by atoms with Gasteiger partial charge in [-0.3, -0.25) is 4.79 Å². The largest absolute Gasteiger partial charge is 0.464 e. The topological polar surface area (TPSA) is 33.5 Å². The number of amides is 1. The van der Waals surface area contributed by atoms with Gasteiger partial charge in [-0.25, -0.2) is 8.78 Å². The number of thioether (sulfide) groups is 1. The van der Waals surface area contributed by atoms with Crippen LogP contribution in [0.15, 0.2) is 39.6 Å². The summed E-state index contributed by atoms with van der Waals surface area (Å²) in [5, 5.41) is 0. The molecule has 23 heavy (non-hydrogen) atoms. The van der Waals surface area contributed by atoms with E-state index in [1.807, 2.05) is 24.0 Å². The number of benzene rings is 1. The van der Waals surface area contributed by atoms with Crippen LogP contribution in [-0.4, -0.2) is 22.6 Å². The molecule has 0 spiro atoms. The summed E-state index contributed by atoms with van der Waals surface area (Å²) in [4.78, 5) is 14.8. The third-order valence-corrected chi connectivity index (χ3v) is 4.66. The van der Waals surface area contributed by atoms with Gasteiger partial charge in [0.1, 0.15) is 11.5 Å². The van der Waals surface area contributed by atoms with Crippen LogP contribution in [0.1, 0.15) is 24.4 Å². The summed E-state index contributed by atoms with van der Waals surface area (Å²) in [7, 11) is 0. The lowest BCUT2D eigenvalue weighted by Crippen LogP contribution is -2.33. The third-order valence-electron chi connectivity index (χ3n) is 3.68. The normalized spacial score (nSPS) is 14.0. The molecular formula is C17H17F2NO2S. The van der Waals surface area contributed by atoms with Gasteiger partial charge in [-0.05, 0) is 50.1 Å². The van der Waals surface area contributed by atoms with Gasteiger partial charge in [-0.2, -0.15) is 0 Å². The summed E-state index contributed by atoms with van der Waals surface area (Å²) in [6.07, 6.45) is 2.00. The first kappa shape index (κ1) is 16.1. The Morgan fingerprint density at radius 3 is 2.65 bits per heavy atom. The number of hydrogen-bond acceptors (Lipinski definition) is 3. The van der Waals surface area contributed by atoms with E-state index in [0.29, 0.717) is 11.4 Å². The molecule has 2 aromatic rings. The minimum Gasteiger partial charge on any atom is -0.464 e. The molecule has 3 rings (SSSR count). The van der Waals surface area contributed by atoms with Gasteiger partial charge in [-0.1, -0.05) is 0 Å². The van der Waals surface area contributed by atoms with E-state index in [2.05, 4.69) is 0 Å². The van der Waals surface area contributed by atoms with E-state index >= 15 is 0 Å². The van der Waals surface area contributed by atoms with E-state index in [1.165, 1.54) is 17.8 Å².